The molecule has 0 aliphatic heterocycles. The van der Waals surface area contributed by atoms with Gasteiger partial charge in [0, 0.05) is 0 Å². The van der Waals surface area contributed by atoms with Gasteiger partial charge in [0.2, 0.25) is 0 Å². The zero-order chi connectivity index (χ0) is 54.8. The van der Waals surface area contributed by atoms with Gasteiger partial charge in [-0.3, -0.25) is 0 Å². The standard InChI is InChI=1S/C24H50.C23H48.C13H28.C12H26/c1-5-6-7-8-9-10-11-12-13-14-15-16-17-18-19-20-21-22-23-24(2,3)4;1-5-6-7-8-9-10-11-12-13-14-15-16-17-18-19-20-21-22-23(2,3)4;1-5-6-7-8-9-10-11-12-13(2,3)4;1-5-6-7-8-9-10-11-12(2,3)4/h5-23H2,1-4H3;5-22H2,1-4H3;5-12H2,1-4H3;5-11H2,1-4H3. The van der Waals surface area contributed by atoms with Gasteiger partial charge < -0.3 is 0 Å². The van der Waals surface area contributed by atoms with Gasteiger partial charge in [-0.1, -0.05) is 419 Å². The van der Waals surface area contributed by atoms with E-state index in [1.54, 1.807) is 0 Å². The maximum Gasteiger partial charge on any atom is -0.0383 e. The Bertz CT molecular complexity index is 912. The van der Waals surface area contributed by atoms with Crippen LogP contribution in [0.3, 0.4) is 0 Å². The number of unbranched alkanes of at least 4 members (excludes halogenated alkanes) is 44. The van der Waals surface area contributed by atoms with Gasteiger partial charge in [-0.15, -0.1) is 0 Å². The first-order valence-electron chi connectivity index (χ1n) is 34.2. The third-order valence-electron chi connectivity index (χ3n) is 15.1. The molecule has 0 spiro atoms. The number of rotatable bonds is 48. The van der Waals surface area contributed by atoms with Gasteiger partial charge in [0.1, 0.15) is 0 Å². The Kier molecular flexibility index (Phi) is 65.7. The summed E-state index contributed by atoms with van der Waals surface area (Å²) in [6.07, 6.45) is 75.5. The van der Waals surface area contributed by atoms with Crippen LogP contribution in [0.25, 0.3) is 0 Å². The molecule has 0 saturated carbocycles. The molecule has 0 nitrogen and oxygen atoms in total. The Balaban J connectivity index is -0.000000447. The van der Waals surface area contributed by atoms with Crippen LogP contribution >= 0.6 is 0 Å². The Hall–Kier alpha value is 0. The highest BCUT2D eigenvalue weighted by Gasteiger charge is 2.11. The summed E-state index contributed by atoms with van der Waals surface area (Å²) in [5, 5.41) is 0. The molecule has 440 valence electrons. The van der Waals surface area contributed by atoms with Crippen molar-refractivity contribution in [3.05, 3.63) is 0 Å². The van der Waals surface area contributed by atoms with Crippen LogP contribution in [-0.2, 0) is 0 Å². The minimum atomic E-state index is 0.537. The van der Waals surface area contributed by atoms with Gasteiger partial charge in [0.25, 0.3) is 0 Å². The van der Waals surface area contributed by atoms with Gasteiger partial charge >= 0.3 is 0 Å². The summed E-state index contributed by atoms with van der Waals surface area (Å²) in [6.45, 7) is 37.3. The second-order valence-electron chi connectivity index (χ2n) is 28.8. The molecule has 0 aliphatic carbocycles. The van der Waals surface area contributed by atoms with E-state index in [1.165, 1.54) is 334 Å². The van der Waals surface area contributed by atoms with E-state index in [4.69, 9.17) is 0 Å². The Morgan fingerprint density at radius 2 is 0.208 bits per heavy atom. The molecule has 0 unspecified atom stereocenters. The first-order chi connectivity index (χ1) is 34.2. The third kappa shape index (κ3) is 92.6. The van der Waals surface area contributed by atoms with E-state index < -0.39 is 0 Å². The van der Waals surface area contributed by atoms with Crippen molar-refractivity contribution in [3.8, 4) is 0 Å². The summed E-state index contributed by atoms with van der Waals surface area (Å²) in [4.78, 5) is 0. The maximum atomic E-state index is 2.36. The van der Waals surface area contributed by atoms with Crippen molar-refractivity contribution in [1.29, 1.82) is 0 Å². The molecule has 0 bridgehead atoms. The molecule has 0 aromatic carbocycles. The Morgan fingerprint density at radius 3 is 0.292 bits per heavy atom. The van der Waals surface area contributed by atoms with E-state index >= 15 is 0 Å². The minimum Gasteiger partial charge on any atom is -0.0654 e. The third-order valence-corrected chi connectivity index (χ3v) is 15.1. The predicted molar refractivity (Wildman–Crippen MR) is 341 cm³/mol. The smallest absolute Gasteiger partial charge is 0.0383 e. The van der Waals surface area contributed by atoms with Crippen molar-refractivity contribution < 1.29 is 0 Å². The second-order valence-corrected chi connectivity index (χ2v) is 28.8. The van der Waals surface area contributed by atoms with Crippen molar-refractivity contribution >= 4 is 0 Å². The molecule has 72 heavy (non-hydrogen) atoms. The summed E-state index contributed by atoms with van der Waals surface area (Å²) in [5.74, 6) is 0. The zero-order valence-corrected chi connectivity index (χ0v) is 54.8. The number of hydrogen-bond acceptors (Lipinski definition) is 0. The maximum absolute atomic E-state index is 2.36. The lowest BCUT2D eigenvalue weighted by molar-refractivity contribution is 0.356. The second kappa shape index (κ2) is 60.2. The van der Waals surface area contributed by atoms with Gasteiger partial charge in [-0.2, -0.15) is 0 Å². The van der Waals surface area contributed by atoms with E-state index in [9.17, 15) is 0 Å². The van der Waals surface area contributed by atoms with Crippen LogP contribution in [0.4, 0.5) is 0 Å². The molecule has 0 aliphatic rings. The monoisotopic (exact) mass is 1020 g/mol. The molecule has 0 fully saturated rings. The summed E-state index contributed by atoms with van der Waals surface area (Å²) >= 11 is 0. The van der Waals surface area contributed by atoms with E-state index in [-0.39, 0.29) is 0 Å². The average molecular weight is 1020 g/mol. The van der Waals surface area contributed by atoms with E-state index in [0.29, 0.717) is 21.7 Å². The largest absolute Gasteiger partial charge is 0.0654 e. The van der Waals surface area contributed by atoms with Crippen LogP contribution in [0.15, 0.2) is 0 Å². The fourth-order valence-corrected chi connectivity index (χ4v) is 9.99. The lowest BCUT2D eigenvalue weighted by atomic mass is 9.89. The molecule has 0 aromatic heterocycles. The van der Waals surface area contributed by atoms with E-state index in [0.717, 1.165) is 0 Å². The summed E-state index contributed by atoms with van der Waals surface area (Å²) < 4.78 is 0. The van der Waals surface area contributed by atoms with Crippen molar-refractivity contribution in [2.24, 2.45) is 21.7 Å². The highest BCUT2D eigenvalue weighted by atomic mass is 14.2. The van der Waals surface area contributed by atoms with Crippen LogP contribution in [0.5, 0.6) is 0 Å². The molecular formula is C72H152. The minimum absolute atomic E-state index is 0.537. The lowest BCUT2D eigenvalue weighted by Gasteiger charge is -2.17. The molecule has 0 heteroatoms. The summed E-state index contributed by atoms with van der Waals surface area (Å²) in [7, 11) is 0. The lowest BCUT2D eigenvalue weighted by Crippen LogP contribution is -2.03. The first kappa shape index (κ1) is 78.5. The molecule has 0 radical (unpaired) electrons. The van der Waals surface area contributed by atoms with Crippen LogP contribution in [-0.4, -0.2) is 0 Å². The van der Waals surface area contributed by atoms with Crippen LogP contribution in [0.2, 0.25) is 0 Å². The Labute approximate surface area is 464 Å². The van der Waals surface area contributed by atoms with Gasteiger partial charge in [-0.25, -0.2) is 0 Å². The average Bonchev–Trinajstić information content (AvgIpc) is 3.30. The predicted octanol–water partition coefficient (Wildman–Crippen LogP) is 28.5. The summed E-state index contributed by atoms with van der Waals surface area (Å²) in [6, 6.07) is 0. The van der Waals surface area contributed by atoms with Crippen LogP contribution in [0, 0.1) is 21.7 Å². The van der Waals surface area contributed by atoms with Crippen molar-refractivity contribution in [3.63, 3.8) is 0 Å². The van der Waals surface area contributed by atoms with Crippen molar-refractivity contribution in [2.45, 2.75) is 445 Å². The normalized spacial score (nSPS) is 12.0. The van der Waals surface area contributed by atoms with Crippen molar-refractivity contribution in [1.82, 2.24) is 0 Å². The Morgan fingerprint density at radius 1 is 0.125 bits per heavy atom. The fourth-order valence-electron chi connectivity index (χ4n) is 9.99. The quantitative estimate of drug-likeness (QED) is 0.0533. The molecule has 0 N–H and O–H groups in total. The molecular weight excluding hydrogens is 865 g/mol. The highest BCUT2D eigenvalue weighted by Crippen LogP contribution is 2.26. The fraction of sp³-hybridized carbons (Fsp3) is 1.00. The van der Waals surface area contributed by atoms with Gasteiger partial charge in [0.05, 0.1) is 0 Å². The highest BCUT2D eigenvalue weighted by molar-refractivity contribution is 4.64. The van der Waals surface area contributed by atoms with Crippen molar-refractivity contribution in [2.75, 3.05) is 0 Å². The SMILES string of the molecule is CCCCCCCCC(C)(C)C.CCCCCCCCCC(C)(C)C.CCCCCCCCCCCCCCCCCCCC(C)(C)C.CCCCCCCCCCCCCCCCCCCCC(C)(C)C. The van der Waals surface area contributed by atoms with Crippen LogP contribution < -0.4 is 0 Å². The number of hydrogen-bond donors (Lipinski definition) is 0. The molecule has 0 heterocycles. The van der Waals surface area contributed by atoms with E-state index in [2.05, 4.69) is 111 Å². The molecule has 0 amide bonds. The van der Waals surface area contributed by atoms with E-state index in [1.807, 2.05) is 0 Å². The first-order valence-corrected chi connectivity index (χ1v) is 34.2. The molecule has 0 rings (SSSR count). The molecule has 0 aromatic rings. The molecule has 0 atom stereocenters. The van der Waals surface area contributed by atoms with Crippen LogP contribution in [0.1, 0.15) is 445 Å². The van der Waals surface area contributed by atoms with Gasteiger partial charge in [-0.05, 0) is 47.3 Å². The summed E-state index contributed by atoms with van der Waals surface area (Å²) in [5.41, 5.74) is 2.17. The zero-order valence-electron chi connectivity index (χ0n) is 54.8. The molecule has 0 saturated heterocycles. The topological polar surface area (TPSA) is 0 Å². The van der Waals surface area contributed by atoms with Gasteiger partial charge in [0.15, 0.2) is 0 Å².